The molecular weight excluding hydrogens is 231 g/mol. The van der Waals surface area contributed by atoms with Crippen LogP contribution in [-0.2, 0) is 0 Å². The third kappa shape index (κ3) is 3.31. The molecule has 2 nitrogen and oxygen atoms in total. The van der Waals surface area contributed by atoms with Crippen LogP contribution in [0.3, 0.4) is 0 Å². The predicted molar refractivity (Wildman–Crippen MR) is 68.0 cm³/mol. The van der Waals surface area contributed by atoms with Crippen molar-refractivity contribution in [3.8, 4) is 5.75 Å². The largest absolute Gasteiger partial charge is 0.491 e. The van der Waals surface area contributed by atoms with Gasteiger partial charge in [0.2, 0.25) is 0 Å². The van der Waals surface area contributed by atoms with Crippen molar-refractivity contribution in [2.45, 2.75) is 13.0 Å². The highest BCUT2D eigenvalue weighted by Crippen LogP contribution is 2.17. The van der Waals surface area contributed by atoms with Gasteiger partial charge >= 0.3 is 0 Å². The lowest BCUT2D eigenvalue weighted by Gasteiger charge is -2.12. The number of aliphatic hydroxyl groups is 1. The highest BCUT2D eigenvalue weighted by Gasteiger charge is 2.08. The maximum Gasteiger partial charge on any atom is 0.123 e. The van der Waals surface area contributed by atoms with Crippen LogP contribution in [0.4, 0.5) is 4.39 Å². The Kier molecular flexibility index (Phi) is 3.95. The van der Waals surface area contributed by atoms with Crippen LogP contribution < -0.4 is 4.74 Å². The van der Waals surface area contributed by atoms with Crippen molar-refractivity contribution in [1.82, 2.24) is 0 Å². The molecule has 94 valence electrons. The van der Waals surface area contributed by atoms with Crippen molar-refractivity contribution in [1.29, 1.82) is 0 Å². The molecule has 0 saturated carbocycles. The second-order valence-electron chi connectivity index (χ2n) is 4.19. The minimum Gasteiger partial charge on any atom is -0.491 e. The Morgan fingerprint density at radius 2 is 1.67 bits per heavy atom. The van der Waals surface area contributed by atoms with Gasteiger partial charge < -0.3 is 9.84 Å². The molecular formula is C15H15FO2. The Labute approximate surface area is 106 Å². The van der Waals surface area contributed by atoms with E-state index in [0.29, 0.717) is 5.75 Å². The van der Waals surface area contributed by atoms with Gasteiger partial charge in [0.15, 0.2) is 0 Å². The number of halogens is 1. The van der Waals surface area contributed by atoms with E-state index in [1.807, 2.05) is 31.2 Å². The molecule has 0 bridgehead atoms. The van der Waals surface area contributed by atoms with Crippen molar-refractivity contribution in [3.63, 3.8) is 0 Å². The van der Waals surface area contributed by atoms with Crippen molar-refractivity contribution in [3.05, 3.63) is 65.5 Å². The van der Waals surface area contributed by atoms with Crippen LogP contribution in [0.1, 0.15) is 17.2 Å². The molecule has 18 heavy (non-hydrogen) atoms. The van der Waals surface area contributed by atoms with E-state index in [1.165, 1.54) is 24.3 Å². The lowest BCUT2D eigenvalue weighted by atomic mass is 10.1. The van der Waals surface area contributed by atoms with E-state index in [4.69, 9.17) is 4.74 Å². The molecule has 0 saturated heterocycles. The van der Waals surface area contributed by atoms with Crippen LogP contribution in [-0.4, -0.2) is 11.7 Å². The Morgan fingerprint density at radius 3 is 2.28 bits per heavy atom. The van der Waals surface area contributed by atoms with E-state index in [1.54, 1.807) is 0 Å². The minimum absolute atomic E-state index is 0.148. The van der Waals surface area contributed by atoms with E-state index >= 15 is 0 Å². The van der Waals surface area contributed by atoms with Crippen LogP contribution in [0.15, 0.2) is 48.5 Å². The second-order valence-corrected chi connectivity index (χ2v) is 4.19. The summed E-state index contributed by atoms with van der Waals surface area (Å²) in [6.45, 7) is 2.14. The first-order chi connectivity index (χ1) is 8.65. The Bertz CT molecular complexity index is 491. The van der Waals surface area contributed by atoms with Gasteiger partial charge in [0, 0.05) is 0 Å². The molecule has 0 amide bonds. The second kappa shape index (κ2) is 5.65. The summed E-state index contributed by atoms with van der Waals surface area (Å²) in [6.07, 6.45) is -0.685. The lowest BCUT2D eigenvalue weighted by molar-refractivity contribution is 0.108. The first kappa shape index (κ1) is 12.6. The van der Waals surface area contributed by atoms with Crippen LogP contribution >= 0.6 is 0 Å². The molecule has 1 N–H and O–H groups in total. The SMILES string of the molecule is Cc1ccc(C(O)COc2ccc(F)cc2)cc1. The van der Waals surface area contributed by atoms with E-state index in [-0.39, 0.29) is 12.4 Å². The average Bonchev–Trinajstić information content (AvgIpc) is 2.38. The molecule has 0 fully saturated rings. The van der Waals surface area contributed by atoms with Crippen LogP contribution in [0.5, 0.6) is 5.75 Å². The van der Waals surface area contributed by atoms with Gasteiger partial charge in [-0.15, -0.1) is 0 Å². The zero-order valence-electron chi connectivity index (χ0n) is 10.1. The zero-order chi connectivity index (χ0) is 13.0. The summed E-state index contributed by atoms with van der Waals surface area (Å²) in [6, 6.07) is 13.4. The predicted octanol–water partition coefficient (Wildman–Crippen LogP) is 3.25. The summed E-state index contributed by atoms with van der Waals surface area (Å²) < 4.78 is 18.1. The van der Waals surface area contributed by atoms with Gasteiger partial charge in [-0.1, -0.05) is 29.8 Å². The normalized spacial score (nSPS) is 12.2. The molecule has 0 spiro atoms. The minimum atomic E-state index is -0.685. The standard InChI is InChI=1S/C15H15FO2/c1-11-2-4-12(5-3-11)15(17)10-18-14-8-6-13(16)7-9-14/h2-9,15,17H,10H2,1H3. The molecule has 2 aromatic carbocycles. The Hall–Kier alpha value is -1.87. The van der Waals surface area contributed by atoms with Crippen molar-refractivity contribution in [2.24, 2.45) is 0 Å². The number of hydrogen-bond acceptors (Lipinski definition) is 2. The first-order valence-corrected chi connectivity index (χ1v) is 5.78. The number of benzene rings is 2. The Balaban J connectivity index is 1.93. The molecule has 2 rings (SSSR count). The third-order valence-corrected chi connectivity index (χ3v) is 2.68. The summed E-state index contributed by atoms with van der Waals surface area (Å²) in [4.78, 5) is 0. The topological polar surface area (TPSA) is 29.5 Å². The van der Waals surface area contributed by atoms with Crippen molar-refractivity contribution >= 4 is 0 Å². The number of hydrogen-bond donors (Lipinski definition) is 1. The highest BCUT2D eigenvalue weighted by molar-refractivity contribution is 5.24. The first-order valence-electron chi connectivity index (χ1n) is 5.78. The van der Waals surface area contributed by atoms with Crippen LogP contribution in [0, 0.1) is 12.7 Å². The Morgan fingerprint density at radius 1 is 1.06 bits per heavy atom. The van der Waals surface area contributed by atoms with Crippen LogP contribution in [0.25, 0.3) is 0 Å². The third-order valence-electron chi connectivity index (χ3n) is 2.68. The van der Waals surface area contributed by atoms with Crippen molar-refractivity contribution in [2.75, 3.05) is 6.61 Å². The van der Waals surface area contributed by atoms with Gasteiger partial charge in [0.25, 0.3) is 0 Å². The number of aliphatic hydroxyl groups excluding tert-OH is 1. The van der Waals surface area contributed by atoms with E-state index < -0.39 is 6.10 Å². The van der Waals surface area contributed by atoms with E-state index in [9.17, 15) is 9.50 Å². The zero-order valence-corrected chi connectivity index (χ0v) is 10.1. The molecule has 3 heteroatoms. The number of ether oxygens (including phenoxy) is 1. The van der Waals surface area contributed by atoms with Gasteiger partial charge in [0.05, 0.1) is 0 Å². The van der Waals surface area contributed by atoms with Gasteiger partial charge in [-0.3, -0.25) is 0 Å². The van der Waals surface area contributed by atoms with Gasteiger partial charge in [-0.25, -0.2) is 4.39 Å². The van der Waals surface area contributed by atoms with E-state index in [0.717, 1.165) is 11.1 Å². The summed E-state index contributed by atoms with van der Waals surface area (Å²) in [7, 11) is 0. The summed E-state index contributed by atoms with van der Waals surface area (Å²) in [5.41, 5.74) is 1.95. The maximum absolute atomic E-state index is 12.7. The maximum atomic E-state index is 12.7. The molecule has 1 unspecified atom stereocenters. The molecule has 0 radical (unpaired) electrons. The molecule has 0 aromatic heterocycles. The monoisotopic (exact) mass is 246 g/mol. The molecule has 0 aliphatic carbocycles. The molecule has 2 aromatic rings. The summed E-state index contributed by atoms with van der Waals surface area (Å²) in [5.74, 6) is 0.240. The van der Waals surface area contributed by atoms with Gasteiger partial charge in [-0.2, -0.15) is 0 Å². The smallest absolute Gasteiger partial charge is 0.123 e. The molecule has 0 heterocycles. The summed E-state index contributed by atoms with van der Waals surface area (Å²) in [5, 5.41) is 9.93. The lowest BCUT2D eigenvalue weighted by Crippen LogP contribution is -2.09. The van der Waals surface area contributed by atoms with E-state index in [2.05, 4.69) is 0 Å². The molecule has 0 aliphatic rings. The number of rotatable bonds is 4. The fraction of sp³-hybridized carbons (Fsp3) is 0.200. The van der Waals surface area contributed by atoms with Crippen molar-refractivity contribution < 1.29 is 14.2 Å². The fourth-order valence-electron chi connectivity index (χ4n) is 1.59. The molecule has 1 atom stereocenters. The highest BCUT2D eigenvalue weighted by atomic mass is 19.1. The fourth-order valence-corrected chi connectivity index (χ4v) is 1.59. The number of aryl methyl sites for hydroxylation is 1. The molecule has 0 aliphatic heterocycles. The van der Waals surface area contributed by atoms with Crippen LogP contribution in [0.2, 0.25) is 0 Å². The van der Waals surface area contributed by atoms with Gasteiger partial charge in [0.1, 0.15) is 24.3 Å². The quantitative estimate of drug-likeness (QED) is 0.897. The van der Waals surface area contributed by atoms with Gasteiger partial charge in [-0.05, 0) is 36.8 Å². The average molecular weight is 246 g/mol. The summed E-state index contributed by atoms with van der Waals surface area (Å²) >= 11 is 0.